The lowest BCUT2D eigenvalue weighted by molar-refractivity contribution is -0.153. The number of likely N-dealkylation sites (tertiary alicyclic amines) is 1. The highest BCUT2D eigenvalue weighted by Gasteiger charge is 2.41. The highest BCUT2D eigenvalue weighted by atomic mass is 19.3. The molecular formula is C8H12F3NO. The number of halogens is 3. The average molecular weight is 195 g/mol. The van der Waals surface area contributed by atoms with Crippen molar-refractivity contribution < 1.29 is 18.0 Å². The van der Waals surface area contributed by atoms with E-state index in [0.717, 1.165) is 11.8 Å². The van der Waals surface area contributed by atoms with Gasteiger partial charge in [-0.3, -0.25) is 4.79 Å². The van der Waals surface area contributed by atoms with Gasteiger partial charge in [-0.25, -0.2) is 13.2 Å². The van der Waals surface area contributed by atoms with Gasteiger partial charge in [-0.1, -0.05) is 0 Å². The fraction of sp³-hybridized carbons (Fsp3) is 0.875. The summed E-state index contributed by atoms with van der Waals surface area (Å²) in [5, 5.41) is 0. The third kappa shape index (κ3) is 2.14. The second kappa shape index (κ2) is 3.20. The number of rotatable bonds is 2. The van der Waals surface area contributed by atoms with Gasteiger partial charge in [-0.15, -0.1) is 0 Å². The molecule has 76 valence electrons. The zero-order valence-electron chi connectivity index (χ0n) is 7.56. The fourth-order valence-electron chi connectivity index (χ4n) is 1.10. The minimum Gasteiger partial charge on any atom is -0.336 e. The maximum Gasteiger partial charge on any atom is 0.256 e. The lowest BCUT2D eigenvalue weighted by atomic mass is 10.0. The molecule has 0 aromatic rings. The molecule has 2 nitrogen and oxygen atoms in total. The molecule has 1 saturated heterocycles. The van der Waals surface area contributed by atoms with Gasteiger partial charge in [0.1, 0.15) is 6.17 Å². The first-order chi connectivity index (χ1) is 5.82. The molecule has 0 N–H and O–H groups in total. The number of amides is 1. The van der Waals surface area contributed by atoms with Crippen LogP contribution in [0.5, 0.6) is 0 Å². The fourth-order valence-corrected chi connectivity index (χ4v) is 1.10. The minimum absolute atomic E-state index is 0.0424. The summed E-state index contributed by atoms with van der Waals surface area (Å²) in [4.78, 5) is 12.3. The highest BCUT2D eigenvalue weighted by molar-refractivity contribution is 5.80. The van der Waals surface area contributed by atoms with E-state index in [-0.39, 0.29) is 13.1 Å². The Hall–Kier alpha value is -0.740. The molecule has 0 aliphatic carbocycles. The van der Waals surface area contributed by atoms with E-state index in [1.807, 2.05) is 0 Å². The normalized spacial score (nSPS) is 21.2. The Kier molecular flexibility index (Phi) is 2.54. The standard InChI is InChI=1S/C8H12F3NO/c1-5(8(2,10)11)7(13)12-3-6(9)4-12/h5-6H,3-4H2,1-2H3. The molecule has 1 aliphatic heterocycles. The van der Waals surface area contributed by atoms with Crippen molar-refractivity contribution in [2.45, 2.75) is 25.9 Å². The van der Waals surface area contributed by atoms with Crippen LogP contribution < -0.4 is 0 Å². The van der Waals surface area contributed by atoms with Crippen LogP contribution in [0.4, 0.5) is 13.2 Å². The molecule has 0 radical (unpaired) electrons. The zero-order chi connectivity index (χ0) is 10.2. The van der Waals surface area contributed by atoms with Crippen LogP contribution in [0, 0.1) is 5.92 Å². The largest absolute Gasteiger partial charge is 0.336 e. The second-order valence-electron chi connectivity index (χ2n) is 3.52. The zero-order valence-corrected chi connectivity index (χ0v) is 7.56. The molecule has 5 heteroatoms. The van der Waals surface area contributed by atoms with E-state index in [1.54, 1.807) is 0 Å². The summed E-state index contributed by atoms with van der Waals surface area (Å²) in [6, 6.07) is 0. The molecule has 1 fully saturated rings. The van der Waals surface area contributed by atoms with Gasteiger partial charge < -0.3 is 4.90 Å². The Morgan fingerprint density at radius 2 is 2.00 bits per heavy atom. The molecule has 1 rings (SSSR count). The lowest BCUT2D eigenvalue weighted by Gasteiger charge is -2.37. The Bertz CT molecular complexity index is 208. The van der Waals surface area contributed by atoms with Gasteiger partial charge in [-0.2, -0.15) is 0 Å². The van der Waals surface area contributed by atoms with Crippen LogP contribution in [-0.4, -0.2) is 36.0 Å². The first kappa shape index (κ1) is 10.3. The van der Waals surface area contributed by atoms with Crippen LogP contribution >= 0.6 is 0 Å². The first-order valence-electron chi connectivity index (χ1n) is 4.13. The van der Waals surface area contributed by atoms with Gasteiger partial charge in [0, 0.05) is 6.92 Å². The Morgan fingerprint density at radius 3 is 2.31 bits per heavy atom. The van der Waals surface area contributed by atoms with Crippen LogP contribution in [0.3, 0.4) is 0 Å². The Labute approximate surface area is 74.7 Å². The van der Waals surface area contributed by atoms with Gasteiger partial charge in [0.05, 0.1) is 19.0 Å². The third-order valence-electron chi connectivity index (χ3n) is 2.28. The average Bonchev–Trinajstić information content (AvgIpc) is 1.94. The van der Waals surface area contributed by atoms with Crippen molar-refractivity contribution in [2.75, 3.05) is 13.1 Å². The van der Waals surface area contributed by atoms with Crippen molar-refractivity contribution in [3.63, 3.8) is 0 Å². The summed E-state index contributed by atoms with van der Waals surface area (Å²) in [7, 11) is 0. The molecule has 1 heterocycles. The maximum absolute atomic E-state index is 12.6. The molecule has 1 unspecified atom stereocenters. The van der Waals surface area contributed by atoms with E-state index in [1.165, 1.54) is 0 Å². The molecular weight excluding hydrogens is 183 g/mol. The van der Waals surface area contributed by atoms with E-state index in [4.69, 9.17) is 0 Å². The number of carbonyl (C=O) groups is 1. The summed E-state index contributed by atoms with van der Waals surface area (Å²) < 4.78 is 37.6. The summed E-state index contributed by atoms with van der Waals surface area (Å²) in [5.41, 5.74) is 0. The van der Waals surface area contributed by atoms with E-state index < -0.39 is 23.9 Å². The van der Waals surface area contributed by atoms with Gasteiger partial charge in [0.2, 0.25) is 5.91 Å². The molecule has 1 aliphatic rings. The van der Waals surface area contributed by atoms with Gasteiger partial charge in [0.15, 0.2) is 0 Å². The maximum atomic E-state index is 12.6. The Balaban J connectivity index is 2.49. The van der Waals surface area contributed by atoms with E-state index in [0.29, 0.717) is 6.92 Å². The van der Waals surface area contributed by atoms with Crippen LogP contribution in [0.25, 0.3) is 0 Å². The van der Waals surface area contributed by atoms with E-state index in [9.17, 15) is 18.0 Å². The van der Waals surface area contributed by atoms with Crippen molar-refractivity contribution in [2.24, 2.45) is 5.92 Å². The Morgan fingerprint density at radius 1 is 1.54 bits per heavy atom. The van der Waals surface area contributed by atoms with E-state index in [2.05, 4.69) is 0 Å². The summed E-state index contributed by atoms with van der Waals surface area (Å²) in [5.74, 6) is -5.06. The van der Waals surface area contributed by atoms with Crippen molar-refractivity contribution >= 4 is 5.91 Å². The highest BCUT2D eigenvalue weighted by Crippen LogP contribution is 2.27. The van der Waals surface area contributed by atoms with Crippen molar-refractivity contribution in [1.82, 2.24) is 4.90 Å². The molecule has 1 amide bonds. The van der Waals surface area contributed by atoms with Crippen LogP contribution in [0.15, 0.2) is 0 Å². The first-order valence-corrected chi connectivity index (χ1v) is 4.13. The molecule has 13 heavy (non-hydrogen) atoms. The third-order valence-corrected chi connectivity index (χ3v) is 2.28. The van der Waals surface area contributed by atoms with Gasteiger partial charge in [0.25, 0.3) is 5.92 Å². The van der Waals surface area contributed by atoms with Gasteiger partial charge in [-0.05, 0) is 6.92 Å². The smallest absolute Gasteiger partial charge is 0.256 e. The lowest BCUT2D eigenvalue weighted by Crippen LogP contribution is -2.55. The molecule has 0 bridgehead atoms. The molecule has 0 saturated carbocycles. The quantitative estimate of drug-likeness (QED) is 0.653. The number of hydrogen-bond acceptors (Lipinski definition) is 1. The number of hydrogen-bond donors (Lipinski definition) is 0. The van der Waals surface area contributed by atoms with E-state index >= 15 is 0 Å². The van der Waals surface area contributed by atoms with Crippen molar-refractivity contribution in [3.05, 3.63) is 0 Å². The predicted octanol–water partition coefficient (Wildman–Crippen LogP) is 1.46. The van der Waals surface area contributed by atoms with Crippen molar-refractivity contribution in [3.8, 4) is 0 Å². The summed E-state index contributed by atoms with van der Waals surface area (Å²) >= 11 is 0. The molecule has 0 spiro atoms. The number of nitrogens with zero attached hydrogens (tertiary/aromatic N) is 1. The van der Waals surface area contributed by atoms with Crippen LogP contribution in [-0.2, 0) is 4.79 Å². The topological polar surface area (TPSA) is 20.3 Å². The van der Waals surface area contributed by atoms with Gasteiger partial charge >= 0.3 is 0 Å². The minimum atomic E-state index is -3.03. The SMILES string of the molecule is CC(C(=O)N1CC(F)C1)C(C)(F)F. The second-order valence-corrected chi connectivity index (χ2v) is 3.52. The monoisotopic (exact) mass is 195 g/mol. The predicted molar refractivity (Wildman–Crippen MR) is 41.3 cm³/mol. The molecule has 0 aromatic heterocycles. The van der Waals surface area contributed by atoms with Crippen LogP contribution in [0.2, 0.25) is 0 Å². The van der Waals surface area contributed by atoms with Crippen molar-refractivity contribution in [1.29, 1.82) is 0 Å². The summed E-state index contributed by atoms with van der Waals surface area (Å²) in [6.07, 6.45) is -1.04. The molecule has 1 atom stereocenters. The van der Waals surface area contributed by atoms with Crippen LogP contribution in [0.1, 0.15) is 13.8 Å². The number of alkyl halides is 3. The molecule has 0 aromatic carbocycles. The summed E-state index contributed by atoms with van der Waals surface area (Å²) in [6.45, 7) is 1.77. The number of carbonyl (C=O) groups excluding carboxylic acids is 1.